The number of ether oxygens (including phenoxy) is 1. The number of halogens is 1. The Morgan fingerprint density at radius 2 is 2.21 bits per heavy atom. The minimum absolute atomic E-state index is 0.135. The van der Waals surface area contributed by atoms with Gasteiger partial charge in [-0.2, -0.15) is 9.50 Å². The van der Waals surface area contributed by atoms with E-state index >= 15 is 0 Å². The maximum Gasteiger partial charge on any atom is 0.274 e. The highest BCUT2D eigenvalue weighted by molar-refractivity contribution is 5.35. The van der Waals surface area contributed by atoms with Crippen LogP contribution in [0, 0.1) is 5.82 Å². The Bertz CT molecular complexity index is 966. The maximum absolute atomic E-state index is 13.3. The quantitative estimate of drug-likeness (QED) is 0.711. The van der Waals surface area contributed by atoms with Crippen LogP contribution in [0.5, 0.6) is 5.75 Å². The Morgan fingerprint density at radius 3 is 3.08 bits per heavy atom. The van der Waals surface area contributed by atoms with E-state index in [-0.39, 0.29) is 23.1 Å². The molecule has 124 valence electrons. The lowest BCUT2D eigenvalue weighted by Gasteiger charge is -2.18. The molecule has 0 atom stereocenters. The van der Waals surface area contributed by atoms with Gasteiger partial charge in [0.2, 0.25) is 5.95 Å². The molecule has 3 aromatic rings. The molecule has 9 heteroatoms. The van der Waals surface area contributed by atoms with E-state index in [1.54, 1.807) is 6.07 Å². The van der Waals surface area contributed by atoms with Gasteiger partial charge in [0, 0.05) is 37.3 Å². The first-order chi connectivity index (χ1) is 11.6. The first kappa shape index (κ1) is 14.6. The molecule has 0 spiro atoms. The van der Waals surface area contributed by atoms with Gasteiger partial charge in [-0.1, -0.05) is 6.07 Å². The van der Waals surface area contributed by atoms with Gasteiger partial charge in [-0.15, -0.1) is 0 Å². The third kappa shape index (κ3) is 2.69. The van der Waals surface area contributed by atoms with E-state index < -0.39 is 0 Å². The predicted octanol–water partition coefficient (Wildman–Crippen LogP) is 0.533. The van der Waals surface area contributed by atoms with E-state index in [0.29, 0.717) is 37.7 Å². The Balaban J connectivity index is 1.61. The predicted molar refractivity (Wildman–Crippen MR) is 84.0 cm³/mol. The summed E-state index contributed by atoms with van der Waals surface area (Å²) < 4.78 is 20.1. The lowest BCUT2D eigenvalue weighted by molar-refractivity contribution is 0.217. The van der Waals surface area contributed by atoms with E-state index in [2.05, 4.69) is 20.0 Å². The molecule has 0 bridgehead atoms. The van der Waals surface area contributed by atoms with Crippen LogP contribution in [0.3, 0.4) is 0 Å². The molecule has 0 unspecified atom stereocenters. The van der Waals surface area contributed by atoms with Crippen LogP contribution in [0.2, 0.25) is 0 Å². The Labute approximate surface area is 135 Å². The summed E-state index contributed by atoms with van der Waals surface area (Å²) >= 11 is 0. The average Bonchev–Trinajstić information content (AvgIpc) is 2.79. The zero-order valence-electron chi connectivity index (χ0n) is 12.7. The number of nitrogen functional groups attached to an aromatic ring is 1. The van der Waals surface area contributed by atoms with Crippen molar-refractivity contribution in [1.29, 1.82) is 0 Å². The minimum Gasteiger partial charge on any atom is -0.492 e. The highest BCUT2D eigenvalue weighted by Gasteiger charge is 2.17. The average molecular weight is 330 g/mol. The van der Waals surface area contributed by atoms with E-state index in [0.717, 1.165) is 5.56 Å². The van der Waals surface area contributed by atoms with Crippen LogP contribution in [0.25, 0.3) is 5.78 Å². The van der Waals surface area contributed by atoms with E-state index in [4.69, 9.17) is 10.5 Å². The van der Waals surface area contributed by atoms with Crippen molar-refractivity contribution in [2.75, 3.05) is 18.9 Å². The summed E-state index contributed by atoms with van der Waals surface area (Å²) in [6.45, 7) is 2.12. The number of fused-ring (bicyclic) bond motifs is 2. The number of benzene rings is 1. The molecular weight excluding hydrogens is 315 g/mol. The van der Waals surface area contributed by atoms with Crippen molar-refractivity contribution in [1.82, 2.24) is 24.5 Å². The van der Waals surface area contributed by atoms with Gasteiger partial charge in [0.1, 0.15) is 18.2 Å². The summed E-state index contributed by atoms with van der Waals surface area (Å²) in [5.74, 6) is 0.610. The summed E-state index contributed by atoms with van der Waals surface area (Å²) in [5.41, 5.74) is 6.78. The number of nitrogens with zero attached hydrogens (tertiary/aromatic N) is 4. The topological polar surface area (TPSA) is 102 Å². The van der Waals surface area contributed by atoms with Crippen molar-refractivity contribution in [3.63, 3.8) is 0 Å². The summed E-state index contributed by atoms with van der Waals surface area (Å²) in [7, 11) is 0. The standard InChI is InChI=1S/C15H15FN6O2/c16-10-2-1-9-7-21(3-4-24-12(9)5-10)8-11-6-13(23)22-15(18-11)19-14(17)20-22/h1-2,5-6H,3-4,7-8H2,(H3,17,18,19,20). The van der Waals surface area contributed by atoms with Crippen LogP contribution in [-0.4, -0.2) is 37.6 Å². The molecule has 0 radical (unpaired) electrons. The Hall–Kier alpha value is -2.94. The van der Waals surface area contributed by atoms with Gasteiger partial charge >= 0.3 is 0 Å². The molecule has 0 amide bonds. The van der Waals surface area contributed by atoms with Crippen LogP contribution in [-0.2, 0) is 13.1 Å². The molecule has 0 saturated carbocycles. The monoisotopic (exact) mass is 330 g/mol. The number of nitrogens with one attached hydrogen (secondary N) is 1. The molecular formula is C15H15FN6O2. The van der Waals surface area contributed by atoms with Crippen molar-refractivity contribution in [2.45, 2.75) is 13.1 Å². The molecule has 1 aliphatic rings. The summed E-state index contributed by atoms with van der Waals surface area (Å²) in [6, 6.07) is 5.96. The lowest BCUT2D eigenvalue weighted by Crippen LogP contribution is -2.27. The highest BCUT2D eigenvalue weighted by Crippen LogP contribution is 2.24. The number of nitrogens with two attached hydrogens (primary N) is 1. The van der Waals surface area contributed by atoms with Gasteiger partial charge in [0.15, 0.2) is 0 Å². The molecule has 1 aliphatic heterocycles. The normalized spacial score (nSPS) is 15.0. The number of hydrogen-bond donors (Lipinski definition) is 2. The fourth-order valence-electron chi connectivity index (χ4n) is 2.79. The molecule has 24 heavy (non-hydrogen) atoms. The summed E-state index contributed by atoms with van der Waals surface area (Å²) in [6.07, 6.45) is 0. The van der Waals surface area contributed by atoms with Gasteiger partial charge < -0.3 is 10.5 Å². The Morgan fingerprint density at radius 1 is 1.33 bits per heavy atom. The lowest BCUT2D eigenvalue weighted by atomic mass is 10.2. The van der Waals surface area contributed by atoms with Gasteiger partial charge in [-0.3, -0.25) is 14.8 Å². The van der Waals surface area contributed by atoms with Crippen molar-refractivity contribution in [2.24, 2.45) is 0 Å². The molecule has 8 nitrogen and oxygen atoms in total. The second-order valence-corrected chi connectivity index (χ2v) is 5.64. The fraction of sp³-hybridized carbons (Fsp3) is 0.267. The zero-order valence-corrected chi connectivity index (χ0v) is 12.7. The molecule has 1 aromatic carbocycles. The van der Waals surface area contributed by atoms with Crippen LogP contribution in [0.15, 0.2) is 29.1 Å². The van der Waals surface area contributed by atoms with Crippen molar-refractivity contribution < 1.29 is 9.13 Å². The smallest absolute Gasteiger partial charge is 0.274 e. The minimum atomic E-state index is -0.321. The third-order valence-electron chi connectivity index (χ3n) is 3.87. The van der Waals surface area contributed by atoms with Gasteiger partial charge in [-0.25, -0.2) is 9.37 Å². The zero-order chi connectivity index (χ0) is 16.7. The third-order valence-corrected chi connectivity index (χ3v) is 3.87. The second-order valence-electron chi connectivity index (χ2n) is 5.64. The molecule has 3 heterocycles. The maximum atomic E-state index is 13.3. The van der Waals surface area contributed by atoms with Crippen LogP contribution in [0.4, 0.5) is 10.3 Å². The first-order valence-corrected chi connectivity index (χ1v) is 7.46. The number of rotatable bonds is 2. The van der Waals surface area contributed by atoms with Crippen molar-refractivity contribution in [3.05, 3.63) is 51.7 Å². The Kier molecular flexibility index (Phi) is 3.42. The van der Waals surface area contributed by atoms with Gasteiger partial charge in [0.25, 0.3) is 11.3 Å². The van der Waals surface area contributed by atoms with Crippen LogP contribution < -0.4 is 16.0 Å². The van der Waals surface area contributed by atoms with Gasteiger partial charge in [0.05, 0.1) is 5.69 Å². The van der Waals surface area contributed by atoms with Crippen molar-refractivity contribution >= 4 is 11.7 Å². The van der Waals surface area contributed by atoms with Gasteiger partial charge in [-0.05, 0) is 6.07 Å². The molecule has 2 aromatic heterocycles. The number of hydrogen-bond acceptors (Lipinski definition) is 6. The molecule has 0 fully saturated rings. The van der Waals surface area contributed by atoms with E-state index in [1.807, 2.05) is 0 Å². The fourth-order valence-corrected chi connectivity index (χ4v) is 2.79. The molecule has 4 rings (SSSR count). The second kappa shape index (κ2) is 5.60. The number of aromatic nitrogens is 4. The summed E-state index contributed by atoms with van der Waals surface area (Å²) in [4.78, 5) is 22.5. The SMILES string of the molecule is Nc1nc2nc(CN3CCOc4cc(F)ccc4C3)cc(=O)n2[nH]1. The highest BCUT2D eigenvalue weighted by atomic mass is 19.1. The molecule has 0 saturated heterocycles. The largest absolute Gasteiger partial charge is 0.492 e. The van der Waals surface area contributed by atoms with E-state index in [9.17, 15) is 9.18 Å². The number of H-pyrrole nitrogens is 1. The molecule has 0 aliphatic carbocycles. The van der Waals surface area contributed by atoms with Crippen LogP contribution in [0.1, 0.15) is 11.3 Å². The number of aromatic amines is 1. The number of anilines is 1. The van der Waals surface area contributed by atoms with E-state index in [1.165, 1.54) is 22.7 Å². The molecule has 3 N–H and O–H groups in total. The van der Waals surface area contributed by atoms with Crippen molar-refractivity contribution in [3.8, 4) is 5.75 Å². The summed E-state index contributed by atoms with van der Waals surface area (Å²) in [5, 5.41) is 2.63. The van der Waals surface area contributed by atoms with Crippen LogP contribution >= 0.6 is 0 Å². The first-order valence-electron chi connectivity index (χ1n) is 7.46.